The van der Waals surface area contributed by atoms with Crippen LogP contribution in [0.5, 0.6) is 0 Å². The molecule has 0 radical (unpaired) electrons. The van der Waals surface area contributed by atoms with E-state index in [2.05, 4.69) is 20.0 Å². The molecule has 1 aliphatic heterocycles. The normalized spacial score (nSPS) is 17.4. The molecule has 8 nitrogen and oxygen atoms in total. The first kappa shape index (κ1) is 15.6. The summed E-state index contributed by atoms with van der Waals surface area (Å²) in [4.78, 5) is 21.0. The van der Waals surface area contributed by atoms with Gasteiger partial charge in [-0.1, -0.05) is 13.8 Å². The molecule has 1 aliphatic rings. The van der Waals surface area contributed by atoms with Gasteiger partial charge in [0.05, 0.1) is 31.1 Å². The van der Waals surface area contributed by atoms with Gasteiger partial charge in [-0.15, -0.1) is 0 Å². The Morgan fingerprint density at radius 2 is 2.32 bits per heavy atom. The molecule has 1 atom stereocenters. The van der Waals surface area contributed by atoms with Gasteiger partial charge in [-0.2, -0.15) is 5.10 Å². The van der Waals surface area contributed by atoms with Gasteiger partial charge in [0.15, 0.2) is 5.65 Å². The van der Waals surface area contributed by atoms with Crippen LogP contribution >= 0.6 is 0 Å². The molecule has 8 heteroatoms. The van der Waals surface area contributed by atoms with Gasteiger partial charge in [0, 0.05) is 30.1 Å². The van der Waals surface area contributed by atoms with E-state index in [-0.39, 0.29) is 17.5 Å². The average Bonchev–Trinajstić information content (AvgIpc) is 3.33. The van der Waals surface area contributed by atoms with Crippen molar-refractivity contribution >= 4 is 11.3 Å². The highest BCUT2D eigenvalue weighted by molar-refractivity contribution is 5.72. The number of aromatic amines is 1. The molecule has 0 saturated carbocycles. The Balaban J connectivity index is 1.92. The molecule has 0 amide bonds. The minimum absolute atomic E-state index is 0.00949. The highest BCUT2D eigenvalue weighted by Gasteiger charge is 2.23. The van der Waals surface area contributed by atoms with Gasteiger partial charge < -0.3 is 9.84 Å². The number of aromatic nitrogens is 5. The molecule has 4 heterocycles. The van der Waals surface area contributed by atoms with E-state index in [1.165, 1.54) is 10.7 Å². The second-order valence-corrected chi connectivity index (χ2v) is 6.49. The fourth-order valence-electron chi connectivity index (χ4n) is 3.23. The second-order valence-electron chi connectivity index (χ2n) is 6.49. The highest BCUT2D eigenvalue weighted by atomic mass is 16.5. The van der Waals surface area contributed by atoms with Crippen molar-refractivity contribution in [3.05, 3.63) is 45.9 Å². The molecule has 0 spiro atoms. The molecule has 0 aliphatic carbocycles. The number of ether oxygens (including phenoxy) is 1. The van der Waals surface area contributed by atoms with E-state index < -0.39 is 0 Å². The zero-order chi connectivity index (χ0) is 17.6. The summed E-state index contributed by atoms with van der Waals surface area (Å²) in [6.07, 6.45) is 6.07. The van der Waals surface area contributed by atoms with Crippen molar-refractivity contribution in [3.63, 3.8) is 0 Å². The molecule has 4 rings (SSSR count). The first-order valence-corrected chi connectivity index (χ1v) is 8.24. The molecular weight excluding hydrogens is 320 g/mol. The van der Waals surface area contributed by atoms with E-state index in [1.807, 2.05) is 24.7 Å². The Kier molecular flexibility index (Phi) is 3.66. The monoisotopic (exact) mass is 338 g/mol. The minimum atomic E-state index is -0.179. The maximum atomic E-state index is 12.9. The molecule has 128 valence electrons. The van der Waals surface area contributed by atoms with Crippen LogP contribution in [0.15, 0.2) is 23.4 Å². The Hall–Kier alpha value is -2.92. The summed E-state index contributed by atoms with van der Waals surface area (Å²) in [5.74, 6) is -0.00949. The van der Waals surface area contributed by atoms with Crippen molar-refractivity contribution in [2.45, 2.75) is 32.2 Å². The molecule has 1 fully saturated rings. The lowest BCUT2D eigenvalue weighted by atomic mass is 10.00. The molecule has 1 unspecified atom stereocenters. The summed E-state index contributed by atoms with van der Waals surface area (Å²) < 4.78 is 8.63. The quantitative estimate of drug-likeness (QED) is 0.744. The van der Waals surface area contributed by atoms with Gasteiger partial charge in [0.25, 0.3) is 5.56 Å². The highest BCUT2D eigenvalue weighted by Crippen LogP contribution is 2.29. The van der Waals surface area contributed by atoms with Crippen molar-refractivity contribution in [2.75, 3.05) is 13.2 Å². The van der Waals surface area contributed by atoms with Crippen LogP contribution in [-0.4, -0.2) is 37.6 Å². The summed E-state index contributed by atoms with van der Waals surface area (Å²) in [7, 11) is 0. The van der Waals surface area contributed by atoms with E-state index in [9.17, 15) is 4.79 Å². The van der Waals surface area contributed by atoms with Crippen molar-refractivity contribution in [1.82, 2.24) is 24.4 Å². The van der Waals surface area contributed by atoms with Crippen LogP contribution in [0.4, 0.5) is 5.69 Å². The Morgan fingerprint density at radius 1 is 1.48 bits per heavy atom. The van der Waals surface area contributed by atoms with Crippen LogP contribution in [0, 0.1) is 6.57 Å². The van der Waals surface area contributed by atoms with Crippen molar-refractivity contribution in [1.29, 1.82) is 0 Å². The number of nitrogens with zero attached hydrogens (tertiary/aromatic N) is 5. The summed E-state index contributed by atoms with van der Waals surface area (Å²) >= 11 is 0. The summed E-state index contributed by atoms with van der Waals surface area (Å²) in [5.41, 5.74) is 2.48. The predicted molar refractivity (Wildman–Crippen MR) is 91.9 cm³/mol. The zero-order valence-corrected chi connectivity index (χ0v) is 14.1. The minimum Gasteiger partial charge on any atom is -0.379 e. The lowest BCUT2D eigenvalue weighted by Gasteiger charge is -2.11. The zero-order valence-electron chi connectivity index (χ0n) is 14.1. The third kappa shape index (κ3) is 2.44. The molecule has 3 aromatic rings. The predicted octanol–water partition coefficient (Wildman–Crippen LogP) is 2.52. The van der Waals surface area contributed by atoms with Gasteiger partial charge in [0.2, 0.25) is 5.69 Å². The van der Waals surface area contributed by atoms with Crippen LogP contribution in [-0.2, 0) is 4.74 Å². The van der Waals surface area contributed by atoms with Gasteiger partial charge in [-0.25, -0.2) is 14.3 Å². The van der Waals surface area contributed by atoms with E-state index in [0.29, 0.717) is 29.2 Å². The number of nitrogens with one attached hydrogen (secondary N) is 1. The van der Waals surface area contributed by atoms with Crippen molar-refractivity contribution in [2.24, 2.45) is 0 Å². The smallest absolute Gasteiger partial charge is 0.275 e. The molecule has 1 N–H and O–H groups in total. The molecule has 0 aromatic carbocycles. The Labute approximate surface area is 143 Å². The Morgan fingerprint density at radius 3 is 3.00 bits per heavy atom. The van der Waals surface area contributed by atoms with Crippen LogP contribution < -0.4 is 5.56 Å². The molecular formula is C17H18N6O2. The first-order valence-electron chi connectivity index (χ1n) is 8.24. The third-order valence-electron chi connectivity index (χ3n) is 4.53. The van der Waals surface area contributed by atoms with Crippen LogP contribution in [0.25, 0.3) is 21.7 Å². The maximum Gasteiger partial charge on any atom is 0.275 e. The molecule has 1 saturated heterocycles. The fourth-order valence-corrected chi connectivity index (χ4v) is 3.23. The lowest BCUT2D eigenvalue weighted by molar-refractivity contribution is 0.184. The van der Waals surface area contributed by atoms with Crippen LogP contribution in [0.3, 0.4) is 0 Å². The molecule has 25 heavy (non-hydrogen) atoms. The first-order chi connectivity index (χ1) is 12.1. The maximum absolute atomic E-state index is 12.9. The second kappa shape index (κ2) is 5.86. The van der Waals surface area contributed by atoms with E-state index in [4.69, 9.17) is 11.3 Å². The topological polar surface area (TPSA) is 81.6 Å². The summed E-state index contributed by atoms with van der Waals surface area (Å²) in [6.45, 7) is 12.6. The van der Waals surface area contributed by atoms with E-state index in [1.54, 1.807) is 6.20 Å². The standard InChI is InChI=1S/C17H18N6O2/c1-10(2)14-15(11-6-19-22(8-11)12-4-5-25-9-12)21-16-13(18-3)7-20-23(16)17(14)24/h6-8,10,12,20H,4-5,9H2,1-2H3. The number of hydrogen-bond donors (Lipinski definition) is 1. The van der Waals surface area contributed by atoms with Gasteiger partial charge in [0.1, 0.15) is 0 Å². The summed E-state index contributed by atoms with van der Waals surface area (Å²) in [5, 5.41) is 7.26. The largest absolute Gasteiger partial charge is 0.379 e. The molecule has 3 aromatic heterocycles. The van der Waals surface area contributed by atoms with Crippen molar-refractivity contribution < 1.29 is 4.74 Å². The van der Waals surface area contributed by atoms with Crippen molar-refractivity contribution in [3.8, 4) is 11.3 Å². The number of hydrogen-bond acceptors (Lipinski definition) is 4. The van der Waals surface area contributed by atoms with Gasteiger partial charge in [-0.05, 0) is 12.3 Å². The SMILES string of the molecule is [C-]#[N+]c1c[nH]n2c(=O)c(C(C)C)c(-c3cnn(C4CCOC4)c3)nc12. The van der Waals surface area contributed by atoms with Gasteiger partial charge >= 0.3 is 0 Å². The third-order valence-corrected chi connectivity index (χ3v) is 4.53. The van der Waals surface area contributed by atoms with Crippen LogP contribution in [0.2, 0.25) is 0 Å². The number of H-pyrrole nitrogens is 1. The lowest BCUT2D eigenvalue weighted by Crippen LogP contribution is -2.22. The van der Waals surface area contributed by atoms with E-state index >= 15 is 0 Å². The fraction of sp³-hybridized carbons (Fsp3) is 0.412. The average molecular weight is 338 g/mol. The van der Waals surface area contributed by atoms with Gasteiger partial charge in [-0.3, -0.25) is 9.48 Å². The summed E-state index contributed by atoms with van der Waals surface area (Å²) in [6, 6.07) is 0.215. The molecule has 0 bridgehead atoms. The number of rotatable bonds is 3. The van der Waals surface area contributed by atoms with Crippen LogP contribution in [0.1, 0.15) is 37.8 Å². The van der Waals surface area contributed by atoms with E-state index in [0.717, 1.165) is 18.6 Å². The Bertz CT molecular complexity index is 1030. The number of fused-ring (bicyclic) bond motifs is 1.